The van der Waals surface area contributed by atoms with Gasteiger partial charge in [0.25, 0.3) is 0 Å². The Kier molecular flexibility index (Phi) is 11.5. The quantitative estimate of drug-likeness (QED) is 0.495. The van der Waals surface area contributed by atoms with Crippen LogP contribution in [0.3, 0.4) is 0 Å². The van der Waals surface area contributed by atoms with Crippen LogP contribution in [-0.4, -0.2) is 63.4 Å². The van der Waals surface area contributed by atoms with Crippen molar-refractivity contribution in [2.24, 2.45) is 0 Å². The summed E-state index contributed by atoms with van der Waals surface area (Å²) in [5, 5.41) is 12.7. The van der Waals surface area contributed by atoms with E-state index in [1.165, 1.54) is 0 Å². The molecular weight excluding hydrogens is 246 g/mol. The van der Waals surface area contributed by atoms with Gasteiger partial charge < -0.3 is 24.6 Å². The van der Waals surface area contributed by atoms with Crippen LogP contribution in [-0.2, 0) is 14.2 Å². The first-order valence-corrected chi connectivity index (χ1v) is 7.12. The number of ether oxygens (including phenoxy) is 3. The van der Waals surface area contributed by atoms with E-state index >= 15 is 0 Å². The van der Waals surface area contributed by atoms with Gasteiger partial charge in [0.1, 0.15) is 0 Å². The highest BCUT2D eigenvalue weighted by Crippen LogP contribution is 2.14. The van der Waals surface area contributed by atoms with E-state index < -0.39 is 0 Å². The minimum Gasteiger partial charge on any atom is -0.394 e. The molecule has 0 spiro atoms. The normalized spacial score (nSPS) is 16.3. The molecule has 0 saturated heterocycles. The van der Waals surface area contributed by atoms with Crippen LogP contribution in [0, 0.1) is 0 Å². The first-order chi connectivity index (χ1) is 9.08. The molecule has 0 radical (unpaired) electrons. The largest absolute Gasteiger partial charge is 0.394 e. The molecule has 0 saturated carbocycles. The van der Waals surface area contributed by atoms with Crippen molar-refractivity contribution < 1.29 is 19.3 Å². The smallest absolute Gasteiger partial charge is 0.0700 e. The molecule has 0 rings (SSSR count). The predicted octanol–water partition coefficient (Wildman–Crippen LogP) is 1.20. The van der Waals surface area contributed by atoms with Gasteiger partial charge in [-0.05, 0) is 33.2 Å². The zero-order valence-electron chi connectivity index (χ0n) is 12.9. The van der Waals surface area contributed by atoms with E-state index in [0.29, 0.717) is 26.4 Å². The van der Waals surface area contributed by atoms with Crippen LogP contribution in [0.5, 0.6) is 0 Å². The highest BCUT2D eigenvalue weighted by molar-refractivity contribution is 4.83. The van der Waals surface area contributed by atoms with E-state index in [2.05, 4.69) is 5.32 Å². The van der Waals surface area contributed by atoms with Gasteiger partial charge in [0.2, 0.25) is 0 Å². The molecule has 0 heterocycles. The van der Waals surface area contributed by atoms with Gasteiger partial charge >= 0.3 is 0 Å². The lowest BCUT2D eigenvalue weighted by Crippen LogP contribution is -2.48. The molecule has 0 aromatic carbocycles. The van der Waals surface area contributed by atoms with E-state index in [0.717, 1.165) is 19.4 Å². The molecule has 0 aromatic heterocycles. The van der Waals surface area contributed by atoms with Crippen molar-refractivity contribution in [3.63, 3.8) is 0 Å². The molecule has 2 unspecified atom stereocenters. The second-order valence-corrected chi connectivity index (χ2v) is 5.09. The van der Waals surface area contributed by atoms with Crippen molar-refractivity contribution in [1.82, 2.24) is 5.32 Å². The standard InChI is InChI=1S/C14H31NO4/c1-5-15-14(3,12-16)11-13(2)19-8-6-7-18-10-9-17-4/h13,15-16H,5-12H2,1-4H3. The molecule has 0 bridgehead atoms. The van der Waals surface area contributed by atoms with Gasteiger partial charge in [-0.25, -0.2) is 0 Å². The molecule has 5 heteroatoms. The SMILES string of the molecule is CCNC(C)(CO)CC(C)OCCCOCCOC. The molecule has 0 amide bonds. The fraction of sp³-hybridized carbons (Fsp3) is 1.00. The average Bonchev–Trinajstić information content (AvgIpc) is 2.38. The summed E-state index contributed by atoms with van der Waals surface area (Å²) in [5.74, 6) is 0. The van der Waals surface area contributed by atoms with E-state index in [4.69, 9.17) is 14.2 Å². The van der Waals surface area contributed by atoms with Crippen molar-refractivity contribution in [2.45, 2.75) is 45.3 Å². The Bertz CT molecular complexity index is 204. The lowest BCUT2D eigenvalue weighted by Gasteiger charge is -2.31. The number of nitrogens with one attached hydrogen (secondary N) is 1. The summed E-state index contributed by atoms with van der Waals surface area (Å²) in [5.41, 5.74) is -0.261. The Balaban J connectivity index is 3.60. The minimum absolute atomic E-state index is 0.120. The lowest BCUT2D eigenvalue weighted by molar-refractivity contribution is 0.0105. The van der Waals surface area contributed by atoms with Crippen molar-refractivity contribution in [2.75, 3.05) is 46.7 Å². The summed E-state index contributed by atoms with van der Waals surface area (Å²) in [6.07, 6.45) is 1.79. The maximum atomic E-state index is 9.41. The predicted molar refractivity (Wildman–Crippen MR) is 76.5 cm³/mol. The molecule has 2 atom stereocenters. The third-order valence-corrected chi connectivity index (χ3v) is 2.96. The van der Waals surface area contributed by atoms with E-state index in [-0.39, 0.29) is 18.2 Å². The maximum absolute atomic E-state index is 9.41. The molecule has 0 aliphatic rings. The van der Waals surface area contributed by atoms with Gasteiger partial charge in [0.05, 0.1) is 25.9 Å². The van der Waals surface area contributed by atoms with Crippen molar-refractivity contribution in [1.29, 1.82) is 0 Å². The molecule has 0 fully saturated rings. The van der Waals surface area contributed by atoms with E-state index in [1.807, 2.05) is 20.8 Å². The summed E-state index contributed by atoms with van der Waals surface area (Å²) in [6.45, 7) is 9.70. The van der Waals surface area contributed by atoms with Gasteiger partial charge in [0.15, 0.2) is 0 Å². The maximum Gasteiger partial charge on any atom is 0.0700 e. The third-order valence-electron chi connectivity index (χ3n) is 2.96. The van der Waals surface area contributed by atoms with Crippen LogP contribution in [0.4, 0.5) is 0 Å². The Morgan fingerprint density at radius 1 is 1.21 bits per heavy atom. The molecule has 116 valence electrons. The zero-order valence-corrected chi connectivity index (χ0v) is 12.9. The first-order valence-electron chi connectivity index (χ1n) is 7.12. The Labute approximate surface area is 117 Å². The van der Waals surface area contributed by atoms with E-state index in [9.17, 15) is 5.11 Å². The third kappa shape index (κ3) is 10.3. The van der Waals surface area contributed by atoms with Gasteiger partial charge in [-0.15, -0.1) is 0 Å². The number of hydrogen-bond donors (Lipinski definition) is 2. The highest BCUT2D eigenvalue weighted by Gasteiger charge is 2.24. The summed E-state index contributed by atoms with van der Waals surface area (Å²) in [7, 11) is 1.66. The number of methoxy groups -OCH3 is 1. The van der Waals surface area contributed by atoms with Gasteiger partial charge in [-0.2, -0.15) is 0 Å². The van der Waals surface area contributed by atoms with Crippen LogP contribution < -0.4 is 5.32 Å². The Morgan fingerprint density at radius 3 is 2.53 bits per heavy atom. The topological polar surface area (TPSA) is 60.0 Å². The van der Waals surface area contributed by atoms with Crippen LogP contribution in [0.1, 0.15) is 33.6 Å². The number of aliphatic hydroxyl groups excluding tert-OH is 1. The van der Waals surface area contributed by atoms with Crippen LogP contribution in [0.25, 0.3) is 0 Å². The Morgan fingerprint density at radius 2 is 1.95 bits per heavy atom. The minimum atomic E-state index is -0.261. The van der Waals surface area contributed by atoms with Crippen LogP contribution in [0.2, 0.25) is 0 Å². The highest BCUT2D eigenvalue weighted by atomic mass is 16.5. The summed E-state index contributed by atoms with van der Waals surface area (Å²) >= 11 is 0. The molecule has 0 aliphatic carbocycles. The van der Waals surface area contributed by atoms with Gasteiger partial charge in [0, 0.05) is 25.9 Å². The molecule has 19 heavy (non-hydrogen) atoms. The Hall–Kier alpha value is -0.200. The number of aliphatic hydroxyl groups is 1. The van der Waals surface area contributed by atoms with Crippen molar-refractivity contribution in [3.8, 4) is 0 Å². The average molecular weight is 277 g/mol. The first kappa shape index (κ1) is 18.8. The molecular formula is C14H31NO4. The molecule has 0 aromatic rings. The number of rotatable bonds is 13. The van der Waals surface area contributed by atoms with Crippen molar-refractivity contribution in [3.05, 3.63) is 0 Å². The second kappa shape index (κ2) is 11.6. The molecule has 5 nitrogen and oxygen atoms in total. The molecule has 2 N–H and O–H groups in total. The fourth-order valence-electron chi connectivity index (χ4n) is 2.00. The fourth-order valence-corrected chi connectivity index (χ4v) is 2.00. The van der Waals surface area contributed by atoms with Crippen LogP contribution in [0.15, 0.2) is 0 Å². The summed E-state index contributed by atoms with van der Waals surface area (Å²) in [4.78, 5) is 0. The zero-order chi connectivity index (χ0) is 14.6. The van der Waals surface area contributed by atoms with Crippen molar-refractivity contribution >= 4 is 0 Å². The van der Waals surface area contributed by atoms with Crippen LogP contribution >= 0.6 is 0 Å². The summed E-state index contributed by atoms with van der Waals surface area (Å²) < 4.78 is 16.0. The second-order valence-electron chi connectivity index (χ2n) is 5.09. The lowest BCUT2D eigenvalue weighted by atomic mass is 9.96. The van der Waals surface area contributed by atoms with Gasteiger partial charge in [-0.3, -0.25) is 0 Å². The summed E-state index contributed by atoms with van der Waals surface area (Å²) in [6, 6.07) is 0. The monoisotopic (exact) mass is 277 g/mol. The van der Waals surface area contributed by atoms with Gasteiger partial charge in [-0.1, -0.05) is 6.92 Å². The van der Waals surface area contributed by atoms with E-state index in [1.54, 1.807) is 7.11 Å². The number of hydrogen-bond acceptors (Lipinski definition) is 5. The number of likely N-dealkylation sites (N-methyl/N-ethyl adjacent to an activating group) is 1. The molecule has 0 aliphatic heterocycles.